The first-order valence-electron chi connectivity index (χ1n) is 11.8. The normalized spacial score (nSPS) is 12.9. The molecule has 0 aliphatic heterocycles. The van der Waals surface area contributed by atoms with Crippen LogP contribution in [0.1, 0.15) is 73.1 Å². The zero-order chi connectivity index (χ0) is 27.2. The van der Waals surface area contributed by atoms with Crippen LogP contribution in [0.2, 0.25) is 0 Å². The first-order chi connectivity index (χ1) is 16.2. The number of hydrogen-bond donors (Lipinski definition) is 4. The summed E-state index contributed by atoms with van der Waals surface area (Å²) in [4.78, 5) is 59.9. The third-order valence-electron chi connectivity index (χ3n) is 5.29. The van der Waals surface area contributed by atoms with Gasteiger partial charge in [0.15, 0.2) is 5.78 Å². The molecule has 0 radical (unpaired) electrons. The van der Waals surface area contributed by atoms with E-state index in [4.69, 9.17) is 10.5 Å². The third kappa shape index (κ3) is 14.5. The fourth-order valence-corrected chi connectivity index (χ4v) is 3.43. The maximum absolute atomic E-state index is 12.8. The Hall–Kier alpha value is -2.43. The molecule has 11 heteroatoms. The summed E-state index contributed by atoms with van der Waals surface area (Å²) in [5.41, 5.74) is 4.67. The maximum atomic E-state index is 12.8. The number of rotatable bonds is 17. The Bertz CT molecular complexity index is 769. The minimum absolute atomic E-state index is 0.191. The number of nitrogens with two attached hydrogens (primary N) is 1. The predicted octanol–water partition coefficient (Wildman–Crippen LogP) is 2.48. The monoisotopic (exact) mass is 560 g/mol. The summed E-state index contributed by atoms with van der Waals surface area (Å²) in [6, 6.07) is -2.16. The second-order valence-electron chi connectivity index (χ2n) is 9.49. The number of ketones is 1. The van der Waals surface area contributed by atoms with Crippen molar-refractivity contribution in [3.63, 3.8) is 0 Å². The largest absolute Gasteiger partial charge is 0.456 e. The second-order valence-corrected chi connectivity index (χ2v) is 10.0. The topological polar surface area (TPSA) is 157 Å². The zero-order valence-electron chi connectivity index (χ0n) is 21.5. The quantitative estimate of drug-likeness (QED) is 0.0925. The van der Waals surface area contributed by atoms with Gasteiger partial charge >= 0.3 is 12.0 Å². The molecule has 0 aromatic heterocycles. The SMILES string of the molecule is C=C(CBr)C(=O)OC(C)(C)CCCCC(=O)N[C@H](C(=O)N[C@@H](CCCNC(N)=O)C(C)=O)C(C)C. The molecule has 0 aromatic carbocycles. The van der Waals surface area contributed by atoms with E-state index in [2.05, 4.69) is 38.5 Å². The molecule has 10 nitrogen and oxygen atoms in total. The van der Waals surface area contributed by atoms with Gasteiger partial charge in [0.1, 0.15) is 11.6 Å². The van der Waals surface area contributed by atoms with Crippen LogP contribution in [0.15, 0.2) is 12.2 Å². The van der Waals surface area contributed by atoms with Crippen molar-refractivity contribution in [3.8, 4) is 0 Å². The standard InChI is InChI=1S/C24H41BrN4O6/c1-15(2)20(21(32)28-18(17(4)30)10-9-13-27-23(26)34)29-19(31)11-7-8-12-24(5,6)35-22(33)16(3)14-25/h15,18,20H,3,7-14H2,1-2,4-6H3,(H,28,32)(H,29,31)(H3,26,27,34)/t18-,20-/m0/s1. The van der Waals surface area contributed by atoms with Crippen LogP contribution in [0.4, 0.5) is 4.79 Å². The Morgan fingerprint density at radius 1 is 1.06 bits per heavy atom. The molecule has 0 bridgehead atoms. The molecule has 5 N–H and O–H groups in total. The van der Waals surface area contributed by atoms with E-state index in [9.17, 15) is 24.0 Å². The highest BCUT2D eigenvalue weighted by Crippen LogP contribution is 2.20. The molecular formula is C24H41BrN4O6. The van der Waals surface area contributed by atoms with Crippen molar-refractivity contribution in [1.82, 2.24) is 16.0 Å². The molecule has 4 amide bonds. The summed E-state index contributed by atoms with van der Waals surface area (Å²) < 4.78 is 5.45. The van der Waals surface area contributed by atoms with Crippen LogP contribution in [0.5, 0.6) is 0 Å². The van der Waals surface area contributed by atoms with Crippen LogP contribution in [0.3, 0.4) is 0 Å². The molecule has 0 saturated heterocycles. The fourth-order valence-electron chi connectivity index (χ4n) is 3.20. The van der Waals surface area contributed by atoms with E-state index in [1.54, 1.807) is 13.8 Å². The van der Waals surface area contributed by atoms with Gasteiger partial charge in [-0.1, -0.05) is 36.4 Å². The van der Waals surface area contributed by atoms with E-state index >= 15 is 0 Å². The summed E-state index contributed by atoms with van der Waals surface area (Å²) in [6.07, 6.45) is 2.79. The Kier molecular flexibility index (Phi) is 15.1. The average molecular weight is 562 g/mol. The van der Waals surface area contributed by atoms with Crippen LogP contribution in [-0.4, -0.2) is 59.2 Å². The number of hydrogen-bond acceptors (Lipinski definition) is 6. The molecule has 0 spiro atoms. The lowest BCUT2D eigenvalue weighted by molar-refractivity contribution is -0.152. The number of ether oxygens (including phenoxy) is 1. The number of alkyl halides is 1. The van der Waals surface area contributed by atoms with Crippen molar-refractivity contribution in [3.05, 3.63) is 12.2 Å². The Balaban J connectivity index is 4.68. The molecule has 35 heavy (non-hydrogen) atoms. The molecule has 200 valence electrons. The van der Waals surface area contributed by atoms with E-state index in [1.165, 1.54) is 6.92 Å². The minimum atomic E-state index is -0.791. The fraction of sp³-hybridized carbons (Fsp3) is 0.708. The number of amides is 4. The van der Waals surface area contributed by atoms with Gasteiger partial charge in [0.2, 0.25) is 11.8 Å². The minimum Gasteiger partial charge on any atom is -0.456 e. The highest BCUT2D eigenvalue weighted by molar-refractivity contribution is 9.09. The second kappa shape index (κ2) is 16.3. The van der Waals surface area contributed by atoms with Crippen molar-refractivity contribution in [2.45, 2.75) is 90.8 Å². The zero-order valence-corrected chi connectivity index (χ0v) is 23.1. The Morgan fingerprint density at radius 3 is 2.20 bits per heavy atom. The van der Waals surface area contributed by atoms with E-state index in [1.807, 2.05) is 13.8 Å². The summed E-state index contributed by atoms with van der Waals surface area (Å²) in [6.45, 7) is 12.5. The number of carbonyl (C=O) groups is 5. The van der Waals surface area contributed by atoms with Crippen molar-refractivity contribution in [1.29, 1.82) is 0 Å². The molecule has 0 heterocycles. The number of primary amides is 1. The van der Waals surface area contributed by atoms with Crippen molar-refractivity contribution < 1.29 is 28.7 Å². The number of unbranched alkanes of at least 4 members (excludes halogenated alkanes) is 1. The Morgan fingerprint density at radius 2 is 1.69 bits per heavy atom. The lowest BCUT2D eigenvalue weighted by Gasteiger charge is -2.26. The van der Waals surface area contributed by atoms with Gasteiger partial charge in [-0.25, -0.2) is 9.59 Å². The molecule has 0 aromatic rings. The summed E-state index contributed by atoms with van der Waals surface area (Å²) >= 11 is 3.17. The predicted molar refractivity (Wildman–Crippen MR) is 138 cm³/mol. The highest BCUT2D eigenvalue weighted by Gasteiger charge is 2.28. The summed E-state index contributed by atoms with van der Waals surface area (Å²) in [5.74, 6) is -1.57. The van der Waals surface area contributed by atoms with Crippen LogP contribution < -0.4 is 21.7 Å². The number of esters is 1. The van der Waals surface area contributed by atoms with Gasteiger partial charge < -0.3 is 26.4 Å². The van der Waals surface area contributed by atoms with E-state index in [0.29, 0.717) is 49.6 Å². The molecule has 0 saturated carbocycles. The molecule has 0 rings (SSSR count). The molecule has 0 aliphatic rings. The van der Waals surface area contributed by atoms with Gasteiger partial charge in [-0.3, -0.25) is 14.4 Å². The van der Waals surface area contributed by atoms with Gasteiger partial charge in [0.05, 0.1) is 6.04 Å². The Labute approximate surface area is 216 Å². The first kappa shape index (κ1) is 32.6. The van der Waals surface area contributed by atoms with Crippen LogP contribution in [0, 0.1) is 5.92 Å². The number of urea groups is 1. The molecule has 0 aliphatic carbocycles. The van der Waals surface area contributed by atoms with Gasteiger partial charge in [0, 0.05) is 23.9 Å². The third-order valence-corrected chi connectivity index (χ3v) is 5.97. The van der Waals surface area contributed by atoms with Gasteiger partial charge in [-0.2, -0.15) is 0 Å². The lowest BCUT2D eigenvalue weighted by atomic mass is 9.99. The highest BCUT2D eigenvalue weighted by atomic mass is 79.9. The first-order valence-corrected chi connectivity index (χ1v) is 12.9. The molecule has 0 fully saturated rings. The number of carbonyl (C=O) groups excluding carboxylic acids is 5. The number of Topliss-reactive ketones (excluding diaryl/α,β-unsaturated/α-hetero) is 1. The molecule has 0 unspecified atom stereocenters. The van der Waals surface area contributed by atoms with Gasteiger partial charge in [-0.05, 0) is 58.8 Å². The van der Waals surface area contributed by atoms with Gasteiger partial charge in [0.25, 0.3) is 0 Å². The van der Waals surface area contributed by atoms with E-state index in [-0.39, 0.29) is 24.0 Å². The summed E-state index contributed by atoms with van der Waals surface area (Å²) in [5, 5.41) is 8.24. The van der Waals surface area contributed by atoms with E-state index in [0.717, 1.165) is 0 Å². The van der Waals surface area contributed by atoms with E-state index < -0.39 is 35.6 Å². The van der Waals surface area contributed by atoms with Crippen LogP contribution >= 0.6 is 15.9 Å². The smallest absolute Gasteiger partial charge is 0.334 e. The maximum Gasteiger partial charge on any atom is 0.334 e. The number of nitrogens with one attached hydrogen (secondary N) is 3. The van der Waals surface area contributed by atoms with Crippen LogP contribution in [-0.2, 0) is 23.9 Å². The van der Waals surface area contributed by atoms with Crippen molar-refractivity contribution in [2.24, 2.45) is 11.7 Å². The van der Waals surface area contributed by atoms with Crippen molar-refractivity contribution >= 4 is 45.5 Å². The van der Waals surface area contributed by atoms with Crippen LogP contribution in [0.25, 0.3) is 0 Å². The average Bonchev–Trinajstić information content (AvgIpc) is 2.75. The summed E-state index contributed by atoms with van der Waals surface area (Å²) in [7, 11) is 0. The van der Waals surface area contributed by atoms with Crippen molar-refractivity contribution in [2.75, 3.05) is 11.9 Å². The molecule has 2 atom stereocenters. The lowest BCUT2D eigenvalue weighted by Crippen LogP contribution is -2.53. The van der Waals surface area contributed by atoms with Gasteiger partial charge in [-0.15, -0.1) is 0 Å². The molecular weight excluding hydrogens is 520 g/mol. The number of halogens is 1.